The molecule has 0 heterocycles. The first kappa shape index (κ1) is 15.3. The van der Waals surface area contributed by atoms with Gasteiger partial charge in [0.05, 0.1) is 12.0 Å². The first-order valence-electron chi connectivity index (χ1n) is 6.41. The number of hydrogen-bond donors (Lipinski definition) is 1. The van der Waals surface area contributed by atoms with Crippen LogP contribution in [-0.4, -0.2) is 18.1 Å². The lowest BCUT2D eigenvalue weighted by molar-refractivity contribution is -0.384. The maximum absolute atomic E-state index is 11.7. The van der Waals surface area contributed by atoms with E-state index in [1.54, 1.807) is 19.2 Å². The highest BCUT2D eigenvalue weighted by atomic mass is 16.6. The molecular formula is C15H14N2O5. The predicted molar refractivity (Wildman–Crippen MR) is 79.0 cm³/mol. The van der Waals surface area contributed by atoms with Crippen molar-refractivity contribution in [2.45, 2.75) is 6.54 Å². The minimum Gasteiger partial charge on any atom is -0.497 e. The van der Waals surface area contributed by atoms with Crippen LogP contribution in [0, 0.1) is 10.1 Å². The van der Waals surface area contributed by atoms with Gasteiger partial charge in [0.25, 0.3) is 5.69 Å². The summed E-state index contributed by atoms with van der Waals surface area (Å²) in [6, 6.07) is 12.5. The number of nitrogens with one attached hydrogen (secondary N) is 1. The molecule has 0 unspecified atom stereocenters. The minimum absolute atomic E-state index is 0.0656. The van der Waals surface area contributed by atoms with Crippen LogP contribution in [0.2, 0.25) is 0 Å². The molecule has 7 heteroatoms. The number of nitro groups is 1. The molecule has 0 atom stereocenters. The molecule has 0 bridgehead atoms. The van der Waals surface area contributed by atoms with Crippen LogP contribution in [-0.2, 0) is 6.54 Å². The number of benzene rings is 2. The Hall–Kier alpha value is -3.09. The molecule has 2 rings (SSSR count). The number of nitro benzene ring substituents is 1. The Morgan fingerprint density at radius 1 is 1.18 bits per heavy atom. The number of nitrogens with zero attached hydrogens (tertiary/aromatic N) is 1. The van der Waals surface area contributed by atoms with E-state index >= 15 is 0 Å². The van der Waals surface area contributed by atoms with Crippen LogP contribution in [0.3, 0.4) is 0 Å². The Balaban J connectivity index is 1.88. The third-order valence-electron chi connectivity index (χ3n) is 2.83. The average Bonchev–Trinajstić information content (AvgIpc) is 2.53. The molecule has 0 saturated heterocycles. The Morgan fingerprint density at radius 3 is 2.55 bits per heavy atom. The van der Waals surface area contributed by atoms with Crippen LogP contribution in [0.1, 0.15) is 5.56 Å². The van der Waals surface area contributed by atoms with E-state index in [1.807, 2.05) is 12.1 Å². The van der Waals surface area contributed by atoms with Crippen LogP contribution in [0.4, 0.5) is 10.5 Å². The Bertz CT molecular complexity index is 670. The zero-order valence-electron chi connectivity index (χ0n) is 11.8. The maximum Gasteiger partial charge on any atom is 0.412 e. The van der Waals surface area contributed by atoms with Gasteiger partial charge in [-0.3, -0.25) is 10.1 Å². The number of carbonyl (C=O) groups excluding carboxylic acids is 1. The van der Waals surface area contributed by atoms with Crippen molar-refractivity contribution in [2.24, 2.45) is 0 Å². The molecule has 22 heavy (non-hydrogen) atoms. The highest BCUT2D eigenvalue weighted by Crippen LogP contribution is 2.17. The summed E-state index contributed by atoms with van der Waals surface area (Å²) in [6.07, 6.45) is -0.642. The third kappa shape index (κ3) is 4.20. The van der Waals surface area contributed by atoms with Crippen LogP contribution in [0.5, 0.6) is 11.5 Å². The molecule has 2 aromatic rings. The molecule has 1 N–H and O–H groups in total. The first-order valence-corrected chi connectivity index (χ1v) is 6.41. The van der Waals surface area contributed by atoms with Gasteiger partial charge in [0.15, 0.2) is 0 Å². The lowest BCUT2D eigenvalue weighted by Gasteiger charge is -2.07. The van der Waals surface area contributed by atoms with Crippen molar-refractivity contribution >= 4 is 11.8 Å². The molecule has 0 aliphatic rings. The number of non-ortho nitro benzene ring substituents is 1. The number of methoxy groups -OCH3 is 1. The topological polar surface area (TPSA) is 90.7 Å². The van der Waals surface area contributed by atoms with E-state index in [1.165, 1.54) is 24.3 Å². The monoisotopic (exact) mass is 302 g/mol. The zero-order valence-corrected chi connectivity index (χ0v) is 11.8. The molecule has 7 nitrogen and oxygen atoms in total. The summed E-state index contributed by atoms with van der Waals surface area (Å²) in [7, 11) is 1.56. The van der Waals surface area contributed by atoms with Crippen molar-refractivity contribution in [2.75, 3.05) is 7.11 Å². The molecule has 2 aromatic carbocycles. The number of hydrogen-bond acceptors (Lipinski definition) is 5. The fraction of sp³-hybridized carbons (Fsp3) is 0.133. The second-order valence-electron chi connectivity index (χ2n) is 4.35. The molecule has 1 amide bonds. The molecule has 0 aliphatic carbocycles. The molecule has 0 saturated carbocycles. The van der Waals surface area contributed by atoms with Gasteiger partial charge in [-0.1, -0.05) is 12.1 Å². The minimum atomic E-state index is -0.642. The van der Waals surface area contributed by atoms with Crippen LogP contribution in [0.25, 0.3) is 0 Å². The fourth-order valence-corrected chi connectivity index (χ4v) is 1.74. The van der Waals surface area contributed by atoms with Gasteiger partial charge >= 0.3 is 6.09 Å². The van der Waals surface area contributed by atoms with Gasteiger partial charge in [0, 0.05) is 18.7 Å². The highest BCUT2D eigenvalue weighted by molar-refractivity contribution is 5.70. The van der Waals surface area contributed by atoms with Crippen molar-refractivity contribution in [3.05, 3.63) is 64.2 Å². The Kier molecular flexibility index (Phi) is 4.92. The quantitative estimate of drug-likeness (QED) is 0.677. The normalized spacial score (nSPS) is 9.86. The summed E-state index contributed by atoms with van der Waals surface area (Å²) in [4.78, 5) is 21.7. The summed E-state index contributed by atoms with van der Waals surface area (Å²) in [5, 5.41) is 13.1. The van der Waals surface area contributed by atoms with E-state index < -0.39 is 11.0 Å². The van der Waals surface area contributed by atoms with Gasteiger partial charge in [-0.2, -0.15) is 0 Å². The molecule has 0 aliphatic heterocycles. The molecular weight excluding hydrogens is 288 g/mol. The van der Waals surface area contributed by atoms with Crippen molar-refractivity contribution in [3.8, 4) is 11.5 Å². The number of ether oxygens (including phenoxy) is 2. The van der Waals surface area contributed by atoms with Crippen molar-refractivity contribution in [3.63, 3.8) is 0 Å². The van der Waals surface area contributed by atoms with Gasteiger partial charge in [-0.05, 0) is 29.8 Å². The van der Waals surface area contributed by atoms with Gasteiger partial charge in [0.2, 0.25) is 0 Å². The SMILES string of the molecule is COc1cccc(CNC(=O)Oc2ccc([N+](=O)[O-])cc2)c1. The second kappa shape index (κ2) is 7.07. The number of rotatable bonds is 5. The third-order valence-corrected chi connectivity index (χ3v) is 2.83. The van der Waals surface area contributed by atoms with E-state index in [9.17, 15) is 14.9 Å². The van der Waals surface area contributed by atoms with Crippen LogP contribution < -0.4 is 14.8 Å². The molecule has 0 aromatic heterocycles. The number of amides is 1. The van der Waals surface area contributed by atoms with Crippen molar-refractivity contribution in [1.29, 1.82) is 0 Å². The van der Waals surface area contributed by atoms with Gasteiger partial charge in [-0.25, -0.2) is 4.79 Å². The smallest absolute Gasteiger partial charge is 0.412 e. The summed E-state index contributed by atoms with van der Waals surface area (Å²) in [6.45, 7) is 0.281. The van der Waals surface area contributed by atoms with E-state index in [-0.39, 0.29) is 18.0 Å². The van der Waals surface area contributed by atoms with E-state index in [4.69, 9.17) is 9.47 Å². The summed E-state index contributed by atoms with van der Waals surface area (Å²) in [5.41, 5.74) is 0.795. The zero-order chi connectivity index (χ0) is 15.9. The fourth-order valence-electron chi connectivity index (χ4n) is 1.74. The lowest BCUT2D eigenvalue weighted by atomic mass is 10.2. The van der Waals surface area contributed by atoms with Crippen LogP contribution in [0.15, 0.2) is 48.5 Å². The van der Waals surface area contributed by atoms with Gasteiger partial charge in [-0.15, -0.1) is 0 Å². The van der Waals surface area contributed by atoms with Crippen LogP contribution >= 0.6 is 0 Å². The molecule has 0 radical (unpaired) electrons. The molecule has 114 valence electrons. The van der Waals surface area contributed by atoms with Gasteiger partial charge < -0.3 is 14.8 Å². The summed E-state index contributed by atoms with van der Waals surface area (Å²) >= 11 is 0. The Labute approximate surface area is 126 Å². The standard InChI is InChI=1S/C15H14N2O5/c1-21-14-4-2-3-11(9-14)10-16-15(18)22-13-7-5-12(6-8-13)17(19)20/h2-9H,10H2,1H3,(H,16,18). The van der Waals surface area contributed by atoms with Crippen molar-refractivity contribution in [1.82, 2.24) is 5.32 Å². The highest BCUT2D eigenvalue weighted by Gasteiger charge is 2.08. The summed E-state index contributed by atoms with van der Waals surface area (Å²) in [5.74, 6) is 0.928. The van der Waals surface area contributed by atoms with Gasteiger partial charge in [0.1, 0.15) is 11.5 Å². The molecule has 0 fully saturated rings. The van der Waals surface area contributed by atoms with E-state index in [2.05, 4.69) is 5.32 Å². The maximum atomic E-state index is 11.7. The summed E-state index contributed by atoms with van der Waals surface area (Å²) < 4.78 is 10.1. The molecule has 0 spiro atoms. The average molecular weight is 302 g/mol. The Morgan fingerprint density at radius 2 is 1.91 bits per heavy atom. The number of carbonyl (C=O) groups is 1. The van der Waals surface area contributed by atoms with E-state index in [0.29, 0.717) is 5.75 Å². The lowest BCUT2D eigenvalue weighted by Crippen LogP contribution is -2.26. The van der Waals surface area contributed by atoms with E-state index in [0.717, 1.165) is 5.56 Å². The largest absolute Gasteiger partial charge is 0.497 e. The second-order valence-corrected chi connectivity index (χ2v) is 4.35. The van der Waals surface area contributed by atoms with Crippen molar-refractivity contribution < 1.29 is 19.2 Å². The first-order chi connectivity index (χ1) is 10.6. The predicted octanol–water partition coefficient (Wildman–Crippen LogP) is 2.89.